The molecule has 12 aromatic rings. The normalized spacial score (nSPS) is 11.6. The Morgan fingerprint density at radius 1 is 0.409 bits per heavy atom. The van der Waals surface area contributed by atoms with Crippen LogP contribution in [0.4, 0.5) is 0 Å². The number of ether oxygens (including phenoxy) is 1. The maximum absolute atomic E-state index is 12.4. The van der Waals surface area contributed by atoms with Gasteiger partial charge in [0.2, 0.25) is 0 Å². The van der Waals surface area contributed by atoms with Gasteiger partial charge in [-0.15, -0.1) is 0 Å². The van der Waals surface area contributed by atoms with Crippen LogP contribution >= 0.6 is 175 Å². The molecule has 0 amide bonds. The minimum atomic E-state index is -1.46. The van der Waals surface area contributed by atoms with Gasteiger partial charge in [0.05, 0.1) is 5.39 Å². The van der Waals surface area contributed by atoms with Crippen molar-refractivity contribution in [3.8, 4) is 33.8 Å². The minimum absolute atomic E-state index is 0. The first-order valence-corrected chi connectivity index (χ1v) is 34.3. The van der Waals surface area contributed by atoms with Gasteiger partial charge in [0.1, 0.15) is 22.7 Å². The van der Waals surface area contributed by atoms with Gasteiger partial charge in [-0.2, -0.15) is 30.3 Å². The topological polar surface area (TPSA) is 110 Å². The van der Waals surface area contributed by atoms with Crippen LogP contribution in [0.15, 0.2) is 289 Å². The summed E-state index contributed by atoms with van der Waals surface area (Å²) in [4.78, 5) is 11.9. The zero-order chi connectivity index (χ0) is 60.2. The average molecular weight is 1950 g/mol. The summed E-state index contributed by atoms with van der Waals surface area (Å²) in [5, 5.41) is 25.5. The Morgan fingerprint density at radius 3 is 1.32 bits per heavy atom. The summed E-state index contributed by atoms with van der Waals surface area (Å²) in [6, 6.07) is 77.6. The van der Waals surface area contributed by atoms with Gasteiger partial charge in [0.25, 0.3) is 0 Å². The van der Waals surface area contributed by atoms with Crippen LogP contribution in [0.2, 0.25) is 0 Å². The van der Waals surface area contributed by atoms with Gasteiger partial charge in [0, 0.05) is 83.5 Å². The molecule has 0 unspecified atom stereocenters. The number of phenols is 1. The zero-order valence-electron chi connectivity index (χ0n) is 46.2. The number of aromatic hydroxyl groups is 1. The van der Waals surface area contributed by atoms with E-state index in [1.807, 2.05) is 133 Å². The molecule has 6 nitrogen and oxygen atoms in total. The van der Waals surface area contributed by atoms with Crippen molar-refractivity contribution in [3.05, 3.63) is 330 Å². The number of phenolic OH excluding ortho intramolecular Hbond substituents is 1. The van der Waals surface area contributed by atoms with E-state index >= 15 is 0 Å². The van der Waals surface area contributed by atoms with E-state index in [9.17, 15) is 15.0 Å². The van der Waals surface area contributed by atoms with Crippen molar-refractivity contribution in [3.63, 3.8) is 0 Å². The van der Waals surface area contributed by atoms with Gasteiger partial charge in [-0.05, 0) is 167 Å². The average Bonchev–Trinajstić information content (AvgIpc) is 0.799. The van der Waals surface area contributed by atoms with E-state index in [1.165, 1.54) is 0 Å². The second kappa shape index (κ2) is 32.2. The van der Waals surface area contributed by atoms with Crippen molar-refractivity contribution in [2.45, 2.75) is 11.2 Å². The van der Waals surface area contributed by atoms with Crippen molar-refractivity contribution < 1.29 is 43.3 Å². The molecule has 0 aliphatic carbocycles. The van der Waals surface area contributed by atoms with Crippen molar-refractivity contribution >= 4 is 220 Å². The predicted octanol–water partition coefficient (Wildman–Crippen LogP) is 20.8. The Morgan fingerprint density at radius 2 is 0.807 bits per heavy atom. The molecule has 1 aliphatic rings. The second-order valence-corrected chi connectivity index (χ2v) is 29.2. The smallest absolute Gasteiger partial charge is 1.00 e. The van der Waals surface area contributed by atoms with E-state index in [4.69, 9.17) is 9.15 Å². The fraction of sp³-hybridized carbons (Fsp3) is 0.0290. The summed E-state index contributed by atoms with van der Waals surface area (Å²) in [5.41, 5.74) is 7.00. The number of benzene rings is 11. The predicted molar refractivity (Wildman–Crippen MR) is 393 cm³/mol. The number of aliphatic hydroxyl groups is 1. The van der Waals surface area contributed by atoms with Crippen molar-refractivity contribution in [2.24, 2.45) is 0 Å². The van der Waals surface area contributed by atoms with Gasteiger partial charge < -0.3 is 41.8 Å². The molecule has 3 N–H and O–H groups in total. The van der Waals surface area contributed by atoms with E-state index in [0.29, 0.717) is 33.2 Å². The Bertz CT molecular complexity index is 4380. The van der Waals surface area contributed by atoms with Crippen LogP contribution in [0, 0.1) is 6.07 Å². The molecule has 0 saturated carbocycles. The third-order valence-electron chi connectivity index (χ3n) is 13.8. The molecule has 0 bridgehead atoms. The number of rotatable bonds is 6. The molecule has 440 valence electrons. The van der Waals surface area contributed by atoms with Gasteiger partial charge in [-0.25, -0.2) is 4.79 Å². The molecule has 0 radical (unpaired) electrons. The maximum Gasteiger partial charge on any atom is 2.00 e. The third kappa shape index (κ3) is 16.5. The van der Waals surface area contributed by atoms with E-state index in [1.54, 1.807) is 18.2 Å². The first-order chi connectivity index (χ1) is 40.8. The Hall–Kier alpha value is -3.06. The molecule has 0 fully saturated rings. The zero-order valence-corrected chi connectivity index (χ0v) is 65.7. The van der Waals surface area contributed by atoms with Crippen LogP contribution in [0.25, 0.3) is 44.0 Å². The summed E-state index contributed by atoms with van der Waals surface area (Å²) < 4.78 is 22.7. The summed E-state index contributed by atoms with van der Waals surface area (Å²) in [6.07, 6.45) is 0. The summed E-state index contributed by atoms with van der Waals surface area (Å²) in [6.45, 7) is 0. The van der Waals surface area contributed by atoms with Crippen LogP contribution in [-0.4, -0.2) is 38.7 Å². The third-order valence-corrected chi connectivity index (χ3v) is 19.4. The van der Waals surface area contributed by atoms with Crippen LogP contribution in [0.3, 0.4) is 0 Å². The van der Waals surface area contributed by atoms with Crippen molar-refractivity contribution in [2.75, 3.05) is 0 Å². The molecule has 13 rings (SSSR count). The van der Waals surface area contributed by atoms with E-state index in [2.05, 4.69) is 260 Å². The quantitative estimate of drug-likeness (QED) is 0.0564. The van der Waals surface area contributed by atoms with Crippen molar-refractivity contribution in [1.29, 1.82) is 0 Å². The molecule has 1 aliphatic heterocycles. The summed E-state index contributed by atoms with van der Waals surface area (Å²) in [7, 11) is 0. The van der Waals surface area contributed by atoms with Gasteiger partial charge in [-0.3, -0.25) is 0 Å². The van der Waals surface area contributed by atoms with E-state index in [0.717, 1.165) is 99.1 Å². The fourth-order valence-corrected chi connectivity index (χ4v) is 13.4. The summed E-state index contributed by atoms with van der Waals surface area (Å²) >= 11 is 38.4. The maximum atomic E-state index is 12.4. The number of hydrogen-bond donors (Lipinski definition) is 2. The molecule has 19 heteroatoms. The molecule has 0 saturated heterocycles. The van der Waals surface area contributed by atoms with E-state index < -0.39 is 11.2 Å². The molecule has 11 aromatic carbocycles. The standard InChI is InChI=1S/C25H16Br4O2.C25H14Br4O.C13H6Br2O2.C6H4Br.BrH.Mg.H2O/c26-17-5-1-15(2-6-17)25(31,16-3-7-18(27)8-4-16)23-13-19(28)9-11-21(23)22-12-10-20(29)14-24(22)30;26-17-5-1-15(2-6-17)25(16-3-7-18(27)8-4-16)23-13-19(28)9-11-21(23)22-12-10-20(29)14-24(22)30-25;14-7-1-3-9-10-4-2-8(15)6-12(10)17-13(16)11(9)5-7;7-6-4-2-1-3-5-6;;;/h1-14,30-31H;1-14H;1-6H;2-5H;1H;;1H2/q;;;-1;;+2;/p-1. The molecular formula is C69H42Br12MgO6. The van der Waals surface area contributed by atoms with Crippen LogP contribution in [0.5, 0.6) is 11.5 Å². The molecule has 2 heterocycles. The SMILES string of the molecule is Brc1cc[c-]cc1.Brc1ccc(C2(c3ccc(Br)cc3)Oc3cc(Br)ccc3-c3ccc(Br)cc32)cc1.O=c1oc2cc(Br)ccc2c2ccc(Br)cc12.Oc1cc(Br)ccc1-c1ccc(Br)cc1C(O)(c1ccc(Br)cc1)c1ccc(Br)cc1.[Br-].[H+].[Mg+2].[OH-]. The first kappa shape index (κ1) is 72.4. The first-order valence-electron chi connectivity index (χ1n) is 25.6. The molecule has 0 atom stereocenters. The fourth-order valence-electron chi connectivity index (χ4n) is 9.92. The van der Waals surface area contributed by atoms with Crippen LogP contribution in [0.1, 0.15) is 34.8 Å². The monoisotopic (exact) mass is 1940 g/mol. The van der Waals surface area contributed by atoms with Crippen LogP contribution < -0.4 is 27.3 Å². The number of halogens is 12. The Balaban J connectivity index is 0.000000203. The number of fused-ring (bicyclic) bond motifs is 6. The Labute approximate surface area is 629 Å². The summed E-state index contributed by atoms with van der Waals surface area (Å²) in [5.74, 6) is 0.983. The molecule has 1 aromatic heterocycles. The largest absolute Gasteiger partial charge is 2.00 e. The van der Waals surface area contributed by atoms with Gasteiger partial charge in [-0.1, -0.05) is 246 Å². The second-order valence-electron chi connectivity index (χ2n) is 19.1. The van der Waals surface area contributed by atoms with Crippen molar-refractivity contribution in [1.82, 2.24) is 0 Å². The van der Waals surface area contributed by atoms with Gasteiger partial charge in [0.15, 0.2) is 5.60 Å². The number of hydrogen-bond acceptors (Lipinski definition) is 6. The van der Waals surface area contributed by atoms with E-state index in [-0.39, 0.29) is 58.3 Å². The minimum Gasteiger partial charge on any atom is -1.00 e. The van der Waals surface area contributed by atoms with Crippen LogP contribution in [-0.2, 0) is 11.2 Å². The molecule has 0 spiro atoms. The molecular weight excluding hydrogens is 1910 g/mol. The molecule has 88 heavy (non-hydrogen) atoms. The Kier molecular flexibility index (Phi) is 26.5. The van der Waals surface area contributed by atoms with Gasteiger partial charge >= 0.3 is 30.1 Å².